The molecule has 5 heteroatoms. The van der Waals surface area contributed by atoms with Crippen LogP contribution in [-0.4, -0.2) is 17.2 Å². The molecule has 3 N–H and O–H groups in total. The number of hydrogen-bond acceptors (Lipinski definition) is 3. The summed E-state index contributed by atoms with van der Waals surface area (Å²) in [6, 6.07) is 5.92. The fourth-order valence-electron chi connectivity index (χ4n) is 1.72. The average molecular weight is 331 g/mol. The van der Waals surface area contributed by atoms with Crippen molar-refractivity contribution in [3.8, 4) is 0 Å². The number of halogens is 1. The molecule has 2 unspecified atom stereocenters. The number of carbonyl (C=O) groups is 1. The van der Waals surface area contributed by atoms with E-state index in [0.29, 0.717) is 5.25 Å². The van der Waals surface area contributed by atoms with Gasteiger partial charge in [-0.1, -0.05) is 32.9 Å². The van der Waals surface area contributed by atoms with Crippen LogP contribution in [0.3, 0.4) is 0 Å². The summed E-state index contributed by atoms with van der Waals surface area (Å²) < 4.78 is 0. The van der Waals surface area contributed by atoms with Crippen molar-refractivity contribution < 1.29 is 4.79 Å². The van der Waals surface area contributed by atoms with Gasteiger partial charge in [0.1, 0.15) is 0 Å². The Hall–Kier alpha value is -0.710. The number of anilines is 1. The highest BCUT2D eigenvalue weighted by Gasteiger charge is 2.18. The van der Waals surface area contributed by atoms with Crippen LogP contribution >= 0.6 is 24.2 Å². The average Bonchev–Trinajstić information content (AvgIpc) is 2.38. The quantitative estimate of drug-likeness (QED) is 0.829. The number of thioether (sulfide) groups is 1. The van der Waals surface area contributed by atoms with Crippen molar-refractivity contribution in [2.75, 3.05) is 5.32 Å². The monoisotopic (exact) mass is 330 g/mol. The molecule has 1 amide bonds. The minimum absolute atomic E-state index is 0. The van der Waals surface area contributed by atoms with Gasteiger partial charge in [0.05, 0.1) is 5.92 Å². The molecule has 1 rings (SSSR count). The van der Waals surface area contributed by atoms with Gasteiger partial charge in [0.15, 0.2) is 0 Å². The number of hydrogen-bond donors (Lipinski definition) is 2. The van der Waals surface area contributed by atoms with Crippen LogP contribution in [0.5, 0.6) is 0 Å². The zero-order valence-electron chi connectivity index (χ0n) is 13.5. The van der Waals surface area contributed by atoms with E-state index in [0.717, 1.165) is 17.0 Å². The molecule has 0 heterocycles. The summed E-state index contributed by atoms with van der Waals surface area (Å²) in [6.45, 7) is 10.1. The normalized spacial score (nSPS) is 13.5. The molecule has 0 aliphatic rings. The van der Waals surface area contributed by atoms with E-state index in [4.69, 9.17) is 5.73 Å². The number of amides is 1. The van der Waals surface area contributed by atoms with E-state index in [1.165, 1.54) is 5.56 Å². The largest absolute Gasteiger partial charge is 0.327 e. The van der Waals surface area contributed by atoms with Crippen LogP contribution in [0.4, 0.5) is 5.69 Å². The molecular formula is C16H27ClN2OS. The van der Waals surface area contributed by atoms with E-state index in [-0.39, 0.29) is 30.3 Å². The highest BCUT2D eigenvalue weighted by molar-refractivity contribution is 7.99. The predicted octanol–water partition coefficient (Wildman–Crippen LogP) is 3.98. The summed E-state index contributed by atoms with van der Waals surface area (Å²) in [5.74, 6) is 0.760. The lowest BCUT2D eigenvalue weighted by molar-refractivity contribution is -0.119. The maximum Gasteiger partial charge on any atom is 0.228 e. The van der Waals surface area contributed by atoms with Crippen LogP contribution in [0.15, 0.2) is 18.2 Å². The minimum Gasteiger partial charge on any atom is -0.327 e. The zero-order valence-corrected chi connectivity index (χ0v) is 15.1. The maximum atomic E-state index is 12.1. The fourth-order valence-corrected chi connectivity index (χ4v) is 2.54. The summed E-state index contributed by atoms with van der Waals surface area (Å²) in [7, 11) is 0. The molecule has 0 fully saturated rings. The van der Waals surface area contributed by atoms with Crippen molar-refractivity contribution in [3.63, 3.8) is 0 Å². The van der Waals surface area contributed by atoms with Crippen molar-refractivity contribution in [2.24, 2.45) is 11.7 Å². The van der Waals surface area contributed by atoms with Gasteiger partial charge in [-0.3, -0.25) is 4.79 Å². The number of benzene rings is 1. The Labute approximate surface area is 138 Å². The molecule has 21 heavy (non-hydrogen) atoms. The van der Waals surface area contributed by atoms with E-state index in [1.807, 2.05) is 37.7 Å². The molecule has 2 atom stereocenters. The number of nitrogens with one attached hydrogen (secondary N) is 1. The second-order valence-electron chi connectivity index (χ2n) is 5.59. The molecule has 0 saturated carbocycles. The minimum atomic E-state index is -0.192. The first-order chi connectivity index (χ1) is 9.32. The van der Waals surface area contributed by atoms with Gasteiger partial charge in [-0.15, -0.1) is 12.4 Å². The van der Waals surface area contributed by atoms with Gasteiger partial charge < -0.3 is 11.1 Å². The predicted molar refractivity (Wildman–Crippen MR) is 96.3 cm³/mol. The van der Waals surface area contributed by atoms with E-state index >= 15 is 0 Å². The van der Waals surface area contributed by atoms with Crippen LogP contribution < -0.4 is 11.1 Å². The van der Waals surface area contributed by atoms with Crippen LogP contribution in [-0.2, 0) is 10.5 Å². The summed E-state index contributed by atoms with van der Waals surface area (Å²) in [6.07, 6.45) is 0. The molecule has 3 nitrogen and oxygen atoms in total. The van der Waals surface area contributed by atoms with Crippen LogP contribution in [0.2, 0.25) is 0 Å². The van der Waals surface area contributed by atoms with Crippen molar-refractivity contribution >= 4 is 35.8 Å². The first-order valence-corrected chi connectivity index (χ1v) is 8.14. The molecule has 0 saturated heterocycles. The lowest BCUT2D eigenvalue weighted by Gasteiger charge is -2.18. The van der Waals surface area contributed by atoms with Gasteiger partial charge in [0.2, 0.25) is 5.91 Å². The highest BCUT2D eigenvalue weighted by Crippen LogP contribution is 2.25. The Kier molecular flexibility index (Phi) is 9.02. The lowest BCUT2D eigenvalue weighted by Crippen LogP contribution is -2.34. The summed E-state index contributed by atoms with van der Waals surface area (Å²) in [4.78, 5) is 12.1. The lowest BCUT2D eigenvalue weighted by atomic mass is 10.0. The van der Waals surface area contributed by atoms with E-state index < -0.39 is 0 Å². The van der Waals surface area contributed by atoms with Crippen LogP contribution in [0.25, 0.3) is 0 Å². The molecule has 0 radical (unpaired) electrons. The van der Waals surface area contributed by atoms with Crippen molar-refractivity contribution in [1.29, 1.82) is 0 Å². The fraction of sp³-hybridized carbons (Fsp3) is 0.562. The van der Waals surface area contributed by atoms with E-state index in [2.05, 4.69) is 32.2 Å². The molecule has 1 aromatic carbocycles. The Morgan fingerprint density at radius 3 is 2.43 bits per heavy atom. The topological polar surface area (TPSA) is 55.1 Å². The zero-order chi connectivity index (χ0) is 15.3. The van der Waals surface area contributed by atoms with Crippen LogP contribution in [0, 0.1) is 12.8 Å². The number of carbonyl (C=O) groups excluding carboxylic acids is 1. The molecule has 0 aliphatic carbocycles. The molecule has 0 bridgehead atoms. The Balaban J connectivity index is 0.00000400. The van der Waals surface area contributed by atoms with Crippen molar-refractivity contribution in [2.45, 2.75) is 51.7 Å². The van der Waals surface area contributed by atoms with E-state index in [9.17, 15) is 4.79 Å². The van der Waals surface area contributed by atoms with Gasteiger partial charge in [0, 0.05) is 17.5 Å². The van der Waals surface area contributed by atoms with Crippen LogP contribution in [0.1, 0.15) is 38.8 Å². The molecule has 0 aliphatic heterocycles. The highest BCUT2D eigenvalue weighted by atomic mass is 35.5. The van der Waals surface area contributed by atoms with Gasteiger partial charge in [-0.25, -0.2) is 0 Å². The van der Waals surface area contributed by atoms with Crippen molar-refractivity contribution in [3.05, 3.63) is 29.3 Å². The third-order valence-corrected chi connectivity index (χ3v) is 4.62. The SMILES string of the molecule is Cc1c(CSC(C)C)cccc1NC(=O)C(C)C(C)N.Cl. The molecule has 0 aromatic heterocycles. The third-order valence-electron chi connectivity index (χ3n) is 3.48. The first kappa shape index (κ1) is 20.3. The van der Waals surface area contributed by atoms with Gasteiger partial charge in [-0.2, -0.15) is 11.8 Å². The first-order valence-electron chi connectivity index (χ1n) is 7.09. The molecule has 120 valence electrons. The maximum absolute atomic E-state index is 12.1. The summed E-state index contributed by atoms with van der Waals surface area (Å²) >= 11 is 1.90. The van der Waals surface area contributed by atoms with Crippen molar-refractivity contribution in [1.82, 2.24) is 0 Å². The third kappa shape index (κ3) is 6.29. The van der Waals surface area contributed by atoms with Gasteiger partial charge in [-0.05, 0) is 36.3 Å². The Bertz CT molecular complexity index is 464. The smallest absolute Gasteiger partial charge is 0.228 e. The number of nitrogens with two attached hydrogens (primary N) is 1. The molecular weight excluding hydrogens is 304 g/mol. The number of rotatable bonds is 6. The Morgan fingerprint density at radius 1 is 1.29 bits per heavy atom. The Morgan fingerprint density at radius 2 is 1.90 bits per heavy atom. The second-order valence-corrected chi connectivity index (χ2v) is 7.15. The van der Waals surface area contributed by atoms with Gasteiger partial charge >= 0.3 is 0 Å². The standard InChI is InChI=1S/C16H26N2OS.ClH/c1-10(2)20-9-14-7-6-8-15(12(14)4)18-16(19)11(3)13(5)17;/h6-8,10-11,13H,9,17H2,1-5H3,(H,18,19);1H. The summed E-state index contributed by atoms with van der Waals surface area (Å²) in [5, 5.41) is 3.59. The molecule has 0 spiro atoms. The van der Waals surface area contributed by atoms with E-state index in [1.54, 1.807) is 0 Å². The molecule has 1 aromatic rings. The van der Waals surface area contributed by atoms with Gasteiger partial charge in [0.25, 0.3) is 0 Å². The second kappa shape index (κ2) is 9.34. The summed E-state index contributed by atoms with van der Waals surface area (Å²) in [5.41, 5.74) is 9.09.